The highest BCUT2D eigenvalue weighted by molar-refractivity contribution is 5.62. The van der Waals surface area contributed by atoms with E-state index in [1.165, 1.54) is 77.0 Å². The van der Waals surface area contributed by atoms with Gasteiger partial charge in [-0.3, -0.25) is 0 Å². The van der Waals surface area contributed by atoms with Gasteiger partial charge in [-0.25, -0.2) is 19.2 Å². The van der Waals surface area contributed by atoms with Gasteiger partial charge in [-0.2, -0.15) is 0 Å². The zero-order valence-corrected chi connectivity index (χ0v) is 37.5. The summed E-state index contributed by atoms with van der Waals surface area (Å²) >= 11 is 0. The number of hydrogen-bond donors (Lipinski definition) is 1. The lowest BCUT2D eigenvalue weighted by molar-refractivity contribution is -0.140. The molecule has 0 radical (unpaired) electrons. The molecule has 1 rings (SSSR count). The Morgan fingerprint density at radius 2 is 0.603 bits per heavy atom. The van der Waals surface area contributed by atoms with Crippen LogP contribution < -0.4 is 0 Å². The second-order valence-corrected chi connectivity index (χ2v) is 17.6. The summed E-state index contributed by atoms with van der Waals surface area (Å²) < 4.78 is 37.8. The number of hydrogen-bond acceptors (Lipinski definition) is 11. The summed E-state index contributed by atoms with van der Waals surface area (Å²) in [5.74, 6) is 2.20. The van der Waals surface area contributed by atoms with Gasteiger partial charge in [0.25, 0.3) is 0 Å². The Bertz CT molecular complexity index is 1050. The van der Waals surface area contributed by atoms with Crippen LogP contribution in [0.5, 0.6) is 0 Å². The zero-order chi connectivity index (χ0) is 42.8. The highest BCUT2D eigenvalue weighted by atomic mass is 16.8. The first-order valence-corrected chi connectivity index (χ1v) is 23.3. The Kier molecular flexibility index (Phi) is 31.9. The van der Waals surface area contributed by atoms with E-state index in [0.29, 0.717) is 19.3 Å². The highest BCUT2D eigenvalue weighted by Crippen LogP contribution is 2.30. The maximum Gasteiger partial charge on any atom is 0.508 e. The van der Waals surface area contributed by atoms with Crippen LogP contribution in [0.3, 0.4) is 0 Å². The van der Waals surface area contributed by atoms with Gasteiger partial charge in [0.2, 0.25) is 0 Å². The summed E-state index contributed by atoms with van der Waals surface area (Å²) in [5, 5.41) is 9.48. The van der Waals surface area contributed by atoms with E-state index in [1.54, 1.807) is 0 Å². The molecular weight excluding hydrogens is 744 g/mol. The van der Waals surface area contributed by atoms with E-state index in [1.807, 2.05) is 0 Å². The molecule has 1 fully saturated rings. The first kappa shape index (κ1) is 53.1. The lowest BCUT2D eigenvalue weighted by Gasteiger charge is -2.37. The van der Waals surface area contributed by atoms with Crippen LogP contribution in [0.15, 0.2) is 0 Å². The van der Waals surface area contributed by atoms with Gasteiger partial charge in [0, 0.05) is 12.8 Å². The summed E-state index contributed by atoms with van der Waals surface area (Å²) in [6, 6.07) is 0. The van der Waals surface area contributed by atoms with Gasteiger partial charge < -0.3 is 38.3 Å². The van der Waals surface area contributed by atoms with Crippen molar-refractivity contribution < 1.29 is 57.4 Å². The molecule has 340 valence electrons. The molecule has 0 aromatic heterocycles. The van der Waals surface area contributed by atoms with Crippen LogP contribution >= 0.6 is 0 Å². The van der Waals surface area contributed by atoms with Crippen molar-refractivity contribution in [3.05, 3.63) is 0 Å². The summed E-state index contributed by atoms with van der Waals surface area (Å²) in [7, 11) is 0. The maximum atomic E-state index is 12.8. The van der Waals surface area contributed by atoms with Gasteiger partial charge in [0.15, 0.2) is 0 Å². The van der Waals surface area contributed by atoms with Gasteiger partial charge in [0.05, 0.1) is 19.8 Å². The summed E-state index contributed by atoms with van der Waals surface area (Å²) in [4.78, 5) is 50.0. The summed E-state index contributed by atoms with van der Waals surface area (Å²) in [6.07, 6.45) is 16.6. The number of carbonyl (C=O) groups is 4. The fraction of sp³-hybridized carbons (Fsp3) is 0.913. The number of carboxylic acid groups (broad SMARTS) is 1. The molecule has 0 saturated heterocycles. The minimum absolute atomic E-state index is 0.156. The van der Waals surface area contributed by atoms with E-state index in [-0.39, 0.29) is 32.7 Å². The first-order valence-electron chi connectivity index (χ1n) is 23.3. The van der Waals surface area contributed by atoms with Crippen molar-refractivity contribution in [1.82, 2.24) is 0 Å². The van der Waals surface area contributed by atoms with Crippen molar-refractivity contribution >= 4 is 24.6 Å². The van der Waals surface area contributed by atoms with Crippen LogP contribution in [0, 0.1) is 17.8 Å². The van der Waals surface area contributed by atoms with Crippen molar-refractivity contribution in [2.45, 2.75) is 233 Å². The molecule has 0 spiro atoms. The molecule has 12 heteroatoms. The van der Waals surface area contributed by atoms with Crippen molar-refractivity contribution in [1.29, 1.82) is 0 Å². The molecule has 1 N–H and O–H groups in total. The molecule has 0 heterocycles. The Hall–Kier alpha value is -2.92. The predicted molar refractivity (Wildman–Crippen MR) is 226 cm³/mol. The topological polar surface area (TPSA) is 153 Å². The van der Waals surface area contributed by atoms with Gasteiger partial charge in [-0.05, 0) is 37.0 Å². The fourth-order valence-electron chi connectivity index (χ4n) is 7.25. The zero-order valence-electron chi connectivity index (χ0n) is 37.5. The summed E-state index contributed by atoms with van der Waals surface area (Å²) in [5.41, 5.74) is 0. The average molecular weight is 829 g/mol. The van der Waals surface area contributed by atoms with Crippen LogP contribution in [0.4, 0.5) is 19.2 Å². The average Bonchev–Trinajstić information content (AvgIpc) is 3.14. The molecule has 1 aliphatic carbocycles. The molecule has 0 aromatic rings. The van der Waals surface area contributed by atoms with Crippen LogP contribution in [0.2, 0.25) is 0 Å². The minimum atomic E-state index is -1.59. The van der Waals surface area contributed by atoms with E-state index >= 15 is 0 Å². The standard InChI is InChI=1S/C46H84O12/c1-36(2)28-22-16-10-7-13-19-25-31-52-44(49)56-40-35-42(58-46(51)54-33-27-21-15-9-12-18-24-30-38(5)6)41(34-39(40)55-43(47)48)57-45(50)53-32-26-20-14-8-11-17-23-29-37(3)4/h36-42H,7-35H2,1-6H3,(H,47,48). The van der Waals surface area contributed by atoms with Gasteiger partial charge in [-0.1, -0.05) is 176 Å². The van der Waals surface area contributed by atoms with E-state index in [0.717, 1.165) is 75.5 Å². The summed E-state index contributed by atoms with van der Waals surface area (Å²) in [6.45, 7) is 13.9. The molecule has 4 unspecified atom stereocenters. The molecule has 1 aliphatic rings. The van der Waals surface area contributed by atoms with E-state index in [9.17, 15) is 24.3 Å². The van der Waals surface area contributed by atoms with E-state index < -0.39 is 49.0 Å². The predicted octanol–water partition coefficient (Wildman–Crippen LogP) is 13.7. The molecule has 12 nitrogen and oxygen atoms in total. The van der Waals surface area contributed by atoms with Crippen LogP contribution in [-0.2, 0) is 33.2 Å². The van der Waals surface area contributed by atoms with Crippen molar-refractivity contribution in [2.24, 2.45) is 17.8 Å². The fourth-order valence-corrected chi connectivity index (χ4v) is 7.25. The smallest absolute Gasteiger partial charge is 0.450 e. The molecule has 4 atom stereocenters. The molecule has 0 bridgehead atoms. The molecular formula is C46H84O12. The van der Waals surface area contributed by atoms with Crippen molar-refractivity contribution in [3.8, 4) is 0 Å². The Morgan fingerprint density at radius 1 is 0.379 bits per heavy atom. The van der Waals surface area contributed by atoms with Crippen LogP contribution in [0.25, 0.3) is 0 Å². The maximum absolute atomic E-state index is 12.8. The largest absolute Gasteiger partial charge is 0.508 e. The highest BCUT2D eigenvalue weighted by Gasteiger charge is 2.46. The number of rotatable bonds is 34. The third-order valence-electron chi connectivity index (χ3n) is 10.7. The van der Waals surface area contributed by atoms with Gasteiger partial charge in [0.1, 0.15) is 24.4 Å². The van der Waals surface area contributed by atoms with Crippen LogP contribution in [-0.4, -0.2) is 74.0 Å². The third kappa shape index (κ3) is 31.1. The number of carbonyl (C=O) groups excluding carboxylic acids is 3. The van der Waals surface area contributed by atoms with Gasteiger partial charge in [-0.15, -0.1) is 0 Å². The Morgan fingerprint density at radius 3 is 0.845 bits per heavy atom. The monoisotopic (exact) mass is 829 g/mol. The molecule has 58 heavy (non-hydrogen) atoms. The minimum Gasteiger partial charge on any atom is -0.450 e. The first-order chi connectivity index (χ1) is 27.9. The van der Waals surface area contributed by atoms with Gasteiger partial charge >= 0.3 is 24.6 Å². The lowest BCUT2D eigenvalue weighted by Crippen LogP contribution is -2.51. The molecule has 1 saturated carbocycles. The SMILES string of the molecule is CC(C)CCCCCCCCCOC(=O)OC1CC(OC(=O)OCCCCCCCCCC(C)C)C(OC(=O)OCCCCCCCCCC(C)C)CC1OC(=O)O. The Balaban J connectivity index is 2.67. The van der Waals surface area contributed by atoms with Crippen LogP contribution in [0.1, 0.15) is 208 Å². The molecule has 0 aromatic carbocycles. The Labute approximate surface area is 351 Å². The number of ether oxygens (including phenoxy) is 7. The normalized spacial score (nSPS) is 17.9. The molecule has 0 amide bonds. The van der Waals surface area contributed by atoms with Crippen molar-refractivity contribution in [3.63, 3.8) is 0 Å². The molecule has 0 aliphatic heterocycles. The number of unbranched alkanes of at least 4 members (excludes halogenated alkanes) is 18. The second kappa shape index (κ2) is 34.9. The third-order valence-corrected chi connectivity index (χ3v) is 10.7. The van der Waals surface area contributed by atoms with Crippen molar-refractivity contribution in [2.75, 3.05) is 19.8 Å². The van der Waals surface area contributed by atoms with E-state index in [2.05, 4.69) is 41.5 Å². The lowest BCUT2D eigenvalue weighted by atomic mass is 9.89. The quantitative estimate of drug-likeness (QED) is 0.0373. The van der Waals surface area contributed by atoms with E-state index in [4.69, 9.17) is 33.2 Å². The second-order valence-electron chi connectivity index (χ2n) is 17.6.